The number of nitrogens with one attached hydrogen (secondary N) is 1. The van der Waals surface area contributed by atoms with Gasteiger partial charge in [0.1, 0.15) is 0 Å². The van der Waals surface area contributed by atoms with Gasteiger partial charge in [-0.05, 0) is 18.1 Å². The summed E-state index contributed by atoms with van der Waals surface area (Å²) in [6.07, 6.45) is 5.81. The Bertz CT molecular complexity index is 295. The number of nitrogens with two attached hydrogens (primary N) is 1. The Morgan fingerprint density at radius 2 is 2.47 bits per heavy atom. The summed E-state index contributed by atoms with van der Waals surface area (Å²) >= 11 is 0. The van der Waals surface area contributed by atoms with Crippen molar-refractivity contribution in [3.8, 4) is 0 Å². The average Bonchev–Trinajstić information content (AvgIpc) is 2.28. The van der Waals surface area contributed by atoms with Gasteiger partial charge in [-0.15, -0.1) is 0 Å². The lowest BCUT2D eigenvalue weighted by Gasteiger charge is -2.03. The molecule has 4 heteroatoms. The van der Waals surface area contributed by atoms with Crippen LogP contribution in [0.3, 0.4) is 0 Å². The Kier molecular flexibility index (Phi) is 5.22. The van der Waals surface area contributed by atoms with Gasteiger partial charge in [0.05, 0.1) is 6.54 Å². The molecule has 0 unspecified atom stereocenters. The number of rotatable bonds is 5. The summed E-state index contributed by atoms with van der Waals surface area (Å²) in [6.45, 7) is 3.61. The van der Waals surface area contributed by atoms with Crippen molar-refractivity contribution in [3.63, 3.8) is 0 Å². The molecule has 0 saturated heterocycles. The van der Waals surface area contributed by atoms with Gasteiger partial charge in [0.2, 0.25) is 0 Å². The molecular formula is C11H18N4. The minimum Gasteiger partial charge on any atom is -0.370 e. The van der Waals surface area contributed by atoms with Gasteiger partial charge < -0.3 is 11.1 Å². The summed E-state index contributed by atoms with van der Waals surface area (Å²) in [4.78, 5) is 8.22. The van der Waals surface area contributed by atoms with E-state index in [4.69, 9.17) is 5.73 Å². The van der Waals surface area contributed by atoms with E-state index in [-0.39, 0.29) is 0 Å². The molecule has 0 aliphatic carbocycles. The number of nitrogens with zero attached hydrogens (tertiary/aromatic N) is 2. The topological polar surface area (TPSA) is 63.3 Å². The number of pyridine rings is 1. The van der Waals surface area contributed by atoms with Crippen LogP contribution in [-0.4, -0.2) is 17.5 Å². The zero-order valence-corrected chi connectivity index (χ0v) is 9.11. The molecule has 15 heavy (non-hydrogen) atoms. The van der Waals surface area contributed by atoms with E-state index >= 15 is 0 Å². The van der Waals surface area contributed by atoms with Gasteiger partial charge in [-0.3, -0.25) is 4.98 Å². The van der Waals surface area contributed by atoms with Crippen LogP contribution >= 0.6 is 0 Å². The van der Waals surface area contributed by atoms with E-state index < -0.39 is 0 Å². The zero-order valence-electron chi connectivity index (χ0n) is 9.11. The first-order valence-electron chi connectivity index (χ1n) is 5.25. The summed E-state index contributed by atoms with van der Waals surface area (Å²) in [5.41, 5.74) is 6.75. The van der Waals surface area contributed by atoms with E-state index in [0.29, 0.717) is 12.5 Å². The lowest BCUT2D eigenvalue weighted by Crippen LogP contribution is -2.32. The van der Waals surface area contributed by atoms with Crippen LogP contribution in [0.25, 0.3) is 0 Å². The van der Waals surface area contributed by atoms with Crippen molar-refractivity contribution in [1.29, 1.82) is 0 Å². The van der Waals surface area contributed by atoms with Crippen molar-refractivity contribution < 1.29 is 0 Å². The standard InChI is InChI=1S/C11H18N4/c1-2-3-7-14-11(12)15-9-10-5-4-6-13-8-10/h4-6,8H,2-3,7,9H2,1H3,(H3,12,14,15). The highest BCUT2D eigenvalue weighted by Crippen LogP contribution is 1.96. The minimum absolute atomic E-state index is 0.507. The Morgan fingerprint density at radius 3 is 3.13 bits per heavy atom. The van der Waals surface area contributed by atoms with Crippen LogP contribution in [0.15, 0.2) is 29.5 Å². The predicted molar refractivity (Wildman–Crippen MR) is 62.5 cm³/mol. The van der Waals surface area contributed by atoms with Gasteiger partial charge in [-0.1, -0.05) is 19.4 Å². The maximum absolute atomic E-state index is 5.68. The van der Waals surface area contributed by atoms with Crippen LogP contribution in [0, 0.1) is 0 Å². The fourth-order valence-electron chi connectivity index (χ4n) is 1.12. The van der Waals surface area contributed by atoms with E-state index in [1.807, 2.05) is 12.1 Å². The fraction of sp³-hybridized carbons (Fsp3) is 0.455. The van der Waals surface area contributed by atoms with Crippen molar-refractivity contribution >= 4 is 5.96 Å². The first-order valence-corrected chi connectivity index (χ1v) is 5.25. The molecule has 0 aliphatic heterocycles. The van der Waals surface area contributed by atoms with Gasteiger partial charge in [0, 0.05) is 18.9 Å². The number of hydrogen-bond donors (Lipinski definition) is 2. The van der Waals surface area contributed by atoms with Crippen LogP contribution in [0.1, 0.15) is 25.3 Å². The van der Waals surface area contributed by atoms with Crippen LogP contribution < -0.4 is 11.1 Å². The minimum atomic E-state index is 0.507. The van der Waals surface area contributed by atoms with Crippen molar-refractivity contribution in [3.05, 3.63) is 30.1 Å². The zero-order chi connectivity index (χ0) is 10.9. The third-order valence-electron chi connectivity index (χ3n) is 1.99. The summed E-state index contributed by atoms with van der Waals surface area (Å²) < 4.78 is 0. The van der Waals surface area contributed by atoms with E-state index in [9.17, 15) is 0 Å². The highest BCUT2D eigenvalue weighted by atomic mass is 15.1. The maximum Gasteiger partial charge on any atom is 0.188 e. The Balaban J connectivity index is 2.31. The third kappa shape index (κ3) is 5.00. The number of guanidine groups is 1. The highest BCUT2D eigenvalue weighted by molar-refractivity contribution is 5.77. The van der Waals surface area contributed by atoms with Crippen molar-refractivity contribution in [2.45, 2.75) is 26.3 Å². The smallest absolute Gasteiger partial charge is 0.188 e. The molecule has 0 aliphatic rings. The fourth-order valence-corrected chi connectivity index (χ4v) is 1.12. The molecule has 0 fully saturated rings. The second-order valence-electron chi connectivity index (χ2n) is 3.34. The second kappa shape index (κ2) is 6.81. The lowest BCUT2D eigenvalue weighted by molar-refractivity contribution is 0.748. The van der Waals surface area contributed by atoms with Gasteiger partial charge in [0.25, 0.3) is 0 Å². The van der Waals surface area contributed by atoms with E-state index in [0.717, 1.165) is 24.9 Å². The number of unbranched alkanes of at least 4 members (excludes halogenated alkanes) is 1. The molecule has 0 bridgehead atoms. The van der Waals surface area contributed by atoms with E-state index in [1.54, 1.807) is 12.4 Å². The number of aromatic nitrogens is 1. The third-order valence-corrected chi connectivity index (χ3v) is 1.99. The summed E-state index contributed by atoms with van der Waals surface area (Å²) in [7, 11) is 0. The van der Waals surface area contributed by atoms with Crippen molar-refractivity contribution in [1.82, 2.24) is 10.3 Å². The molecule has 1 aromatic rings. The van der Waals surface area contributed by atoms with E-state index in [2.05, 4.69) is 22.2 Å². The molecule has 0 radical (unpaired) electrons. The average molecular weight is 206 g/mol. The predicted octanol–water partition coefficient (Wildman–Crippen LogP) is 1.29. The second-order valence-corrected chi connectivity index (χ2v) is 3.34. The first kappa shape index (κ1) is 11.5. The maximum atomic E-state index is 5.68. The summed E-state index contributed by atoms with van der Waals surface area (Å²) in [6, 6.07) is 3.88. The lowest BCUT2D eigenvalue weighted by atomic mass is 10.3. The van der Waals surface area contributed by atoms with Gasteiger partial charge in [-0.25, -0.2) is 4.99 Å². The van der Waals surface area contributed by atoms with Crippen LogP contribution in [0.4, 0.5) is 0 Å². The molecule has 0 spiro atoms. The normalized spacial score (nSPS) is 11.4. The van der Waals surface area contributed by atoms with Crippen LogP contribution in [0.2, 0.25) is 0 Å². The van der Waals surface area contributed by atoms with Crippen molar-refractivity contribution in [2.75, 3.05) is 6.54 Å². The Morgan fingerprint density at radius 1 is 1.60 bits per heavy atom. The molecule has 1 heterocycles. The molecule has 0 aromatic carbocycles. The molecule has 1 rings (SSSR count). The summed E-state index contributed by atoms with van der Waals surface area (Å²) in [5, 5.41) is 3.06. The summed E-state index contributed by atoms with van der Waals surface area (Å²) in [5.74, 6) is 0.507. The van der Waals surface area contributed by atoms with Gasteiger partial charge in [0.15, 0.2) is 5.96 Å². The van der Waals surface area contributed by atoms with Crippen LogP contribution in [-0.2, 0) is 6.54 Å². The van der Waals surface area contributed by atoms with Gasteiger partial charge in [-0.2, -0.15) is 0 Å². The quantitative estimate of drug-likeness (QED) is 0.433. The number of hydrogen-bond acceptors (Lipinski definition) is 2. The molecule has 1 aromatic heterocycles. The molecule has 0 saturated carbocycles. The Labute approximate surface area is 90.6 Å². The van der Waals surface area contributed by atoms with Crippen molar-refractivity contribution in [2.24, 2.45) is 10.7 Å². The highest BCUT2D eigenvalue weighted by Gasteiger charge is 1.92. The molecule has 0 amide bonds. The Hall–Kier alpha value is -1.58. The molecule has 0 atom stereocenters. The molecule has 4 nitrogen and oxygen atoms in total. The molecule has 82 valence electrons. The van der Waals surface area contributed by atoms with Crippen LogP contribution in [0.5, 0.6) is 0 Å². The first-order chi connectivity index (χ1) is 7.33. The van der Waals surface area contributed by atoms with Gasteiger partial charge >= 0.3 is 0 Å². The molecular weight excluding hydrogens is 188 g/mol. The monoisotopic (exact) mass is 206 g/mol. The largest absolute Gasteiger partial charge is 0.370 e. The van der Waals surface area contributed by atoms with E-state index in [1.165, 1.54) is 0 Å². The number of aliphatic imine (C=N–C) groups is 1. The SMILES string of the molecule is CCCCNC(N)=NCc1cccnc1. The molecule has 3 N–H and O–H groups in total.